The predicted octanol–water partition coefficient (Wildman–Crippen LogP) is 6.18. The van der Waals surface area contributed by atoms with Crippen molar-refractivity contribution in [2.75, 3.05) is 11.3 Å². The summed E-state index contributed by atoms with van der Waals surface area (Å²) >= 11 is 0. The van der Waals surface area contributed by atoms with Crippen LogP contribution in [-0.2, 0) is 28.4 Å². The normalized spacial score (nSPS) is 12.2. The average molecular weight is 510 g/mol. The minimum Gasteiger partial charge on any atom is -0.356 e. The van der Waals surface area contributed by atoms with Crippen LogP contribution in [0.3, 0.4) is 0 Å². The van der Waals surface area contributed by atoms with E-state index < -0.39 is 10.0 Å². The number of hydrogen-bond acceptors (Lipinski definition) is 5. The number of benzene rings is 3. The fourth-order valence-electron chi connectivity index (χ4n) is 4.01. The van der Waals surface area contributed by atoms with Gasteiger partial charge in [0.15, 0.2) is 5.58 Å². The zero-order valence-electron chi connectivity index (χ0n) is 20.8. The van der Waals surface area contributed by atoms with Gasteiger partial charge < -0.3 is 9.84 Å². The number of nitrogens with one attached hydrogen (secondary N) is 2. The summed E-state index contributed by atoms with van der Waals surface area (Å²) in [5.41, 5.74) is 3.88. The lowest BCUT2D eigenvalue weighted by Gasteiger charge is -2.19. The molecular weight excluding hydrogens is 477 g/mol. The minimum absolute atomic E-state index is 0.0394. The van der Waals surface area contributed by atoms with Crippen molar-refractivity contribution in [1.82, 2.24) is 10.5 Å². The molecule has 4 rings (SSSR count). The molecule has 0 bridgehead atoms. The molecule has 1 heterocycles. The van der Waals surface area contributed by atoms with Gasteiger partial charge in [0.05, 0.1) is 10.6 Å². The lowest BCUT2D eigenvalue weighted by Crippen LogP contribution is -2.16. The molecule has 3 aromatic carbocycles. The van der Waals surface area contributed by atoms with Crippen molar-refractivity contribution in [2.24, 2.45) is 0 Å². The lowest BCUT2D eigenvalue weighted by molar-refractivity contribution is 0.442. The second-order valence-electron chi connectivity index (χ2n) is 9.98. The quantitative estimate of drug-likeness (QED) is 0.250. The molecule has 0 fully saturated rings. The van der Waals surface area contributed by atoms with E-state index in [0.29, 0.717) is 17.8 Å². The van der Waals surface area contributed by atoms with Gasteiger partial charge in [0.2, 0.25) is 0 Å². The minimum atomic E-state index is -3.67. The van der Waals surface area contributed by atoms with E-state index in [-0.39, 0.29) is 16.1 Å². The maximum atomic E-state index is 13.3. The molecule has 4 aromatic rings. The highest BCUT2D eigenvalue weighted by Crippen LogP contribution is 2.25. The second kappa shape index (κ2) is 10.8. The van der Waals surface area contributed by atoms with Gasteiger partial charge >= 0.3 is 0 Å². The Hall–Kier alpha value is -3.23. The number of aromatic nitrogens is 1. The lowest BCUT2D eigenvalue weighted by atomic mass is 9.87. The number of unbranched alkanes of at least 4 members (excludes halogenated alkanes) is 1. The molecule has 0 radical (unpaired) electrons. The first-order valence-electron chi connectivity index (χ1n) is 12.1. The third-order valence-corrected chi connectivity index (χ3v) is 7.46. The first-order chi connectivity index (χ1) is 17.1. The summed E-state index contributed by atoms with van der Waals surface area (Å²) in [7, 11) is -3.67. The van der Waals surface area contributed by atoms with Gasteiger partial charge in [-0.2, -0.15) is 0 Å². The van der Waals surface area contributed by atoms with Gasteiger partial charge in [-0.3, -0.25) is 4.72 Å². The van der Waals surface area contributed by atoms with Crippen molar-refractivity contribution in [3.05, 3.63) is 89.4 Å². The zero-order valence-corrected chi connectivity index (χ0v) is 21.7. The zero-order chi connectivity index (χ0) is 25.8. The van der Waals surface area contributed by atoms with Crippen molar-refractivity contribution < 1.29 is 17.3 Å². The van der Waals surface area contributed by atoms with E-state index in [4.69, 9.17) is 4.52 Å². The molecule has 8 heteroatoms. The number of fused-ring (bicyclic) bond motifs is 1. The van der Waals surface area contributed by atoms with Crippen LogP contribution in [0.1, 0.15) is 50.4 Å². The number of rotatable bonds is 10. The van der Waals surface area contributed by atoms with Gasteiger partial charge in [-0.25, -0.2) is 12.8 Å². The second-order valence-corrected chi connectivity index (χ2v) is 11.7. The van der Waals surface area contributed by atoms with Gasteiger partial charge in [0, 0.05) is 23.7 Å². The summed E-state index contributed by atoms with van der Waals surface area (Å²) < 4.78 is 46.9. The van der Waals surface area contributed by atoms with E-state index in [9.17, 15) is 12.8 Å². The Labute approximate surface area is 212 Å². The van der Waals surface area contributed by atoms with Crippen molar-refractivity contribution in [1.29, 1.82) is 0 Å². The van der Waals surface area contributed by atoms with Gasteiger partial charge in [0.1, 0.15) is 5.82 Å². The SMILES string of the molecule is CC(C)(C)c1ccc(S(=O)(=O)Nc2cccc(CNCCCCc3noc4cc(F)ccc34)c2)cc1. The smallest absolute Gasteiger partial charge is 0.261 e. The fraction of sp³-hybridized carbons (Fsp3) is 0.321. The van der Waals surface area contributed by atoms with E-state index in [1.54, 1.807) is 24.3 Å². The van der Waals surface area contributed by atoms with Gasteiger partial charge in [0.25, 0.3) is 10.0 Å². The Morgan fingerprint density at radius 1 is 0.972 bits per heavy atom. The molecule has 0 aliphatic rings. The van der Waals surface area contributed by atoms with Gasteiger partial charge in [-0.1, -0.05) is 50.2 Å². The molecular formula is C28H32FN3O3S. The Bertz CT molecular complexity index is 1420. The first kappa shape index (κ1) is 25.9. The standard InChI is InChI=1S/C28H32FN3O3S/c1-28(2,3)21-10-13-24(14-11-21)36(33,34)32-23-8-6-7-20(17-23)19-30-16-5-4-9-26-25-15-12-22(29)18-27(25)35-31-26/h6-8,10-15,17-18,30,32H,4-5,9,16,19H2,1-3H3. The molecule has 190 valence electrons. The summed E-state index contributed by atoms with van der Waals surface area (Å²) in [5.74, 6) is -0.332. The van der Waals surface area contributed by atoms with Crippen molar-refractivity contribution >= 4 is 26.7 Å². The monoisotopic (exact) mass is 509 g/mol. The van der Waals surface area contributed by atoms with Crippen molar-refractivity contribution in [3.8, 4) is 0 Å². The molecule has 0 amide bonds. The highest BCUT2D eigenvalue weighted by atomic mass is 32.2. The third kappa shape index (κ3) is 6.50. The molecule has 0 spiro atoms. The highest BCUT2D eigenvalue weighted by molar-refractivity contribution is 7.92. The molecule has 36 heavy (non-hydrogen) atoms. The average Bonchev–Trinajstić information content (AvgIpc) is 3.22. The topological polar surface area (TPSA) is 84.2 Å². The van der Waals surface area contributed by atoms with Crippen LogP contribution in [0.2, 0.25) is 0 Å². The maximum absolute atomic E-state index is 13.3. The predicted molar refractivity (Wildman–Crippen MR) is 141 cm³/mol. The number of hydrogen-bond donors (Lipinski definition) is 2. The maximum Gasteiger partial charge on any atom is 0.261 e. The third-order valence-electron chi connectivity index (χ3n) is 6.06. The first-order valence-corrected chi connectivity index (χ1v) is 13.6. The number of halogens is 1. The van der Waals surface area contributed by atoms with Crippen LogP contribution < -0.4 is 10.0 Å². The molecule has 2 N–H and O–H groups in total. The van der Waals surface area contributed by atoms with Crippen LogP contribution in [0.5, 0.6) is 0 Å². The molecule has 0 aliphatic heterocycles. The van der Waals surface area contributed by atoms with E-state index in [1.807, 2.05) is 30.3 Å². The molecule has 0 atom stereocenters. The Balaban J connectivity index is 1.25. The van der Waals surface area contributed by atoms with E-state index in [0.717, 1.165) is 48.0 Å². The van der Waals surface area contributed by atoms with Crippen molar-refractivity contribution in [2.45, 2.75) is 56.9 Å². The number of nitrogens with zero attached hydrogens (tertiary/aromatic N) is 1. The largest absolute Gasteiger partial charge is 0.356 e. The van der Waals surface area contributed by atoms with Crippen LogP contribution in [0.4, 0.5) is 10.1 Å². The Morgan fingerprint density at radius 3 is 2.50 bits per heavy atom. The molecule has 0 saturated heterocycles. The van der Waals surface area contributed by atoms with Gasteiger partial charge in [-0.15, -0.1) is 0 Å². The van der Waals surface area contributed by atoms with Crippen LogP contribution in [0.15, 0.2) is 76.1 Å². The van der Waals surface area contributed by atoms with Crippen molar-refractivity contribution in [3.63, 3.8) is 0 Å². The number of sulfonamides is 1. The van der Waals surface area contributed by atoms with Crippen LogP contribution >= 0.6 is 0 Å². The van der Waals surface area contributed by atoms with E-state index in [2.05, 4.69) is 36.0 Å². The fourth-order valence-corrected chi connectivity index (χ4v) is 5.06. The molecule has 1 aromatic heterocycles. The molecule has 0 saturated carbocycles. The van der Waals surface area contributed by atoms with E-state index >= 15 is 0 Å². The molecule has 6 nitrogen and oxygen atoms in total. The van der Waals surface area contributed by atoms with Gasteiger partial charge in [-0.05, 0) is 78.7 Å². The molecule has 0 unspecified atom stereocenters. The summed E-state index contributed by atoms with van der Waals surface area (Å²) in [6.45, 7) is 7.71. The Morgan fingerprint density at radius 2 is 1.75 bits per heavy atom. The Kier molecular flexibility index (Phi) is 7.76. The number of aryl methyl sites for hydroxylation is 1. The summed E-state index contributed by atoms with van der Waals surface area (Å²) in [6, 6.07) is 18.9. The van der Waals surface area contributed by atoms with Crippen LogP contribution in [-0.4, -0.2) is 20.1 Å². The van der Waals surface area contributed by atoms with Crippen LogP contribution in [0.25, 0.3) is 11.0 Å². The summed E-state index contributed by atoms with van der Waals surface area (Å²) in [4.78, 5) is 0.240. The molecule has 0 aliphatic carbocycles. The number of anilines is 1. The van der Waals surface area contributed by atoms with Crippen LogP contribution in [0, 0.1) is 5.82 Å². The summed E-state index contributed by atoms with van der Waals surface area (Å²) in [6.07, 6.45) is 2.61. The summed E-state index contributed by atoms with van der Waals surface area (Å²) in [5, 5.41) is 8.31. The highest BCUT2D eigenvalue weighted by Gasteiger charge is 2.18. The van der Waals surface area contributed by atoms with E-state index in [1.165, 1.54) is 12.1 Å².